The molecular weight excluding hydrogens is 258 g/mol. The lowest BCUT2D eigenvalue weighted by Crippen LogP contribution is -2.19. The van der Waals surface area contributed by atoms with E-state index in [4.69, 9.17) is 0 Å². The van der Waals surface area contributed by atoms with Gasteiger partial charge in [0.2, 0.25) is 0 Å². The quantitative estimate of drug-likeness (QED) is 0.391. The Morgan fingerprint density at radius 3 is 1.74 bits per heavy atom. The monoisotopic (exact) mass is 291 g/mol. The zero-order chi connectivity index (χ0) is 14.4. The predicted molar refractivity (Wildman–Crippen MR) is 87.0 cm³/mol. The van der Waals surface area contributed by atoms with Gasteiger partial charge in [-0.2, -0.15) is 0 Å². The van der Waals surface area contributed by atoms with Crippen LogP contribution in [-0.2, 0) is 9.99 Å². The van der Waals surface area contributed by atoms with Gasteiger partial charge in [-0.1, -0.05) is 71.1 Å². The molecule has 0 bridgehead atoms. The molecule has 0 fully saturated rings. The van der Waals surface area contributed by atoms with Gasteiger partial charge in [0.25, 0.3) is 0 Å². The van der Waals surface area contributed by atoms with Crippen LogP contribution in [-0.4, -0.2) is 21.2 Å². The summed E-state index contributed by atoms with van der Waals surface area (Å²) in [5.74, 6) is 0. The van der Waals surface area contributed by atoms with Gasteiger partial charge in [-0.05, 0) is 19.9 Å². The van der Waals surface area contributed by atoms with Gasteiger partial charge in [0, 0.05) is 5.37 Å². The summed E-state index contributed by atoms with van der Waals surface area (Å²) in [6.45, 7) is 2.25. The molecule has 4 heteroatoms. The van der Waals surface area contributed by atoms with E-state index in [0.717, 1.165) is 12.8 Å². The van der Waals surface area contributed by atoms with Crippen molar-refractivity contribution in [3.8, 4) is 0 Å². The Morgan fingerprint density at radius 1 is 0.895 bits per heavy atom. The fraction of sp³-hybridized carbons (Fsp3) is 0.933. The molecule has 0 aliphatic carbocycles. The third-order valence-electron chi connectivity index (χ3n) is 3.44. The summed E-state index contributed by atoms with van der Waals surface area (Å²) < 4.78 is 22.9. The summed E-state index contributed by atoms with van der Waals surface area (Å²) in [6, 6.07) is 0. The molecule has 0 aromatic carbocycles. The second-order valence-corrected chi connectivity index (χ2v) is 7.14. The first-order valence-electron chi connectivity index (χ1n) is 7.90. The fourth-order valence-electron chi connectivity index (χ4n) is 2.13. The molecule has 0 amide bonds. The van der Waals surface area contributed by atoms with Crippen LogP contribution in [0.15, 0.2) is 0 Å². The van der Waals surface area contributed by atoms with Gasteiger partial charge >= 0.3 is 0 Å². The minimum absolute atomic E-state index is 0.729. The Morgan fingerprint density at radius 2 is 1.32 bits per heavy atom. The predicted octanol–water partition coefficient (Wildman–Crippen LogP) is 4.38. The van der Waals surface area contributed by atoms with Crippen LogP contribution < -0.4 is 4.72 Å². The highest BCUT2D eigenvalue weighted by Gasteiger charge is 1.96. The van der Waals surface area contributed by atoms with Crippen molar-refractivity contribution in [3.63, 3.8) is 0 Å². The summed E-state index contributed by atoms with van der Waals surface area (Å²) in [5.41, 5.74) is 0. The smallest absolute Gasteiger partial charge is 0.141 e. The van der Waals surface area contributed by atoms with Crippen molar-refractivity contribution in [3.05, 3.63) is 0 Å². The molecule has 2 N–H and O–H groups in total. The zero-order valence-corrected chi connectivity index (χ0v) is 13.6. The minimum atomic E-state index is -2.86. The number of hydrogen-bond donors (Lipinski definition) is 2. The van der Waals surface area contributed by atoms with E-state index in [2.05, 4.69) is 11.6 Å². The van der Waals surface area contributed by atoms with Crippen molar-refractivity contribution in [1.82, 2.24) is 4.72 Å². The number of rotatable bonds is 13. The molecule has 0 saturated carbocycles. The molecule has 1 unspecified atom stereocenters. The Bertz CT molecular complexity index is 297. The number of unbranched alkanes of at least 4 members (excludes halogenated alkanes) is 11. The highest BCUT2D eigenvalue weighted by molar-refractivity contribution is 7.94. The Labute approximate surface area is 120 Å². The molecule has 0 heterocycles. The van der Waals surface area contributed by atoms with E-state index < -0.39 is 9.99 Å². The fourth-order valence-corrected chi connectivity index (χ4v) is 2.79. The number of nitrogens with one attached hydrogen (secondary N) is 1. The molecule has 0 aliphatic rings. The maximum absolute atomic E-state index is 11.2. The van der Waals surface area contributed by atoms with Crippen LogP contribution >= 0.6 is 0 Å². The summed E-state index contributed by atoms with van der Waals surface area (Å²) in [4.78, 5) is 0. The highest BCUT2D eigenvalue weighted by atomic mass is 32.2. The first kappa shape index (κ1) is 18.9. The van der Waals surface area contributed by atoms with Crippen molar-refractivity contribution in [1.29, 1.82) is 0 Å². The third-order valence-corrected chi connectivity index (χ3v) is 4.72. The maximum Gasteiger partial charge on any atom is 0.141 e. The minimum Gasteiger partial charge on any atom is -0.302 e. The topological polar surface area (TPSA) is 49.3 Å². The molecule has 1 atom stereocenters. The summed E-state index contributed by atoms with van der Waals surface area (Å²) in [5, 5.41) is 1.50. The van der Waals surface area contributed by atoms with Gasteiger partial charge in [0.1, 0.15) is 9.99 Å². The van der Waals surface area contributed by atoms with Crippen molar-refractivity contribution in [2.24, 2.45) is 0 Å². The van der Waals surface area contributed by atoms with Gasteiger partial charge in [-0.25, -0.2) is 8.93 Å². The molecule has 0 aliphatic heterocycles. The molecule has 0 aromatic heterocycles. The van der Waals surface area contributed by atoms with E-state index in [1.54, 1.807) is 0 Å². The van der Waals surface area contributed by atoms with E-state index in [0.29, 0.717) is 0 Å². The lowest BCUT2D eigenvalue weighted by Gasteiger charge is -2.02. The summed E-state index contributed by atoms with van der Waals surface area (Å²) in [6.07, 6.45) is 15.1. The molecule has 0 aromatic rings. The Balaban J connectivity index is 3.20. The Hall–Kier alpha value is -0.0600. The Kier molecular flexibility index (Phi) is 12.9. The van der Waals surface area contributed by atoms with Gasteiger partial charge in [-0.15, -0.1) is 0 Å². The summed E-state index contributed by atoms with van der Waals surface area (Å²) in [7, 11) is -1.34. The third kappa shape index (κ3) is 14.2. The standard InChI is InChI=1S/C15H33NO2S/c1-3-4-5-6-7-8-9-10-11-12-13-14-15-19(17,18)16-2/h15H,3-14H2,1-2H3,(H2,16,17,18). The van der Waals surface area contributed by atoms with Crippen LogP contribution in [0.1, 0.15) is 84.0 Å². The average molecular weight is 292 g/mol. The SMILES string of the molecule is CCCCCCCCCCCCCC=S(=O)(O)NC. The van der Waals surface area contributed by atoms with Crippen LogP contribution in [0.25, 0.3) is 0 Å². The van der Waals surface area contributed by atoms with E-state index in [1.807, 2.05) is 0 Å². The second kappa shape index (κ2) is 12.9. The molecular formula is C15H33NO2S. The summed E-state index contributed by atoms with van der Waals surface area (Å²) >= 11 is 0. The lowest BCUT2D eigenvalue weighted by molar-refractivity contribution is 0.548. The van der Waals surface area contributed by atoms with Gasteiger partial charge in [0.15, 0.2) is 0 Å². The molecule has 0 spiro atoms. The largest absolute Gasteiger partial charge is 0.302 e. The zero-order valence-electron chi connectivity index (χ0n) is 12.8. The first-order chi connectivity index (χ1) is 9.12. The van der Waals surface area contributed by atoms with Crippen LogP contribution in [0.3, 0.4) is 0 Å². The van der Waals surface area contributed by atoms with Crippen molar-refractivity contribution in [2.45, 2.75) is 84.0 Å². The molecule has 0 radical (unpaired) electrons. The van der Waals surface area contributed by atoms with Crippen molar-refractivity contribution >= 4 is 15.4 Å². The number of hydrogen-bond acceptors (Lipinski definition) is 1. The molecule has 3 nitrogen and oxygen atoms in total. The maximum atomic E-state index is 11.2. The normalized spacial score (nSPS) is 14.3. The molecule has 0 saturated heterocycles. The first-order valence-corrected chi connectivity index (χ1v) is 9.48. The van der Waals surface area contributed by atoms with Gasteiger partial charge in [-0.3, -0.25) is 0 Å². The van der Waals surface area contributed by atoms with Crippen molar-refractivity contribution in [2.75, 3.05) is 7.05 Å². The van der Waals surface area contributed by atoms with E-state index in [-0.39, 0.29) is 0 Å². The van der Waals surface area contributed by atoms with Crippen LogP contribution in [0.5, 0.6) is 0 Å². The average Bonchev–Trinajstić information content (AvgIpc) is 2.40. The van der Waals surface area contributed by atoms with E-state index in [9.17, 15) is 8.76 Å². The van der Waals surface area contributed by atoms with Crippen LogP contribution in [0.4, 0.5) is 0 Å². The highest BCUT2D eigenvalue weighted by Crippen LogP contribution is 2.11. The van der Waals surface area contributed by atoms with Crippen molar-refractivity contribution < 1.29 is 8.76 Å². The second-order valence-electron chi connectivity index (χ2n) is 5.26. The molecule has 19 heavy (non-hydrogen) atoms. The van der Waals surface area contributed by atoms with E-state index >= 15 is 0 Å². The van der Waals surface area contributed by atoms with Gasteiger partial charge in [0.05, 0.1) is 0 Å². The molecule has 116 valence electrons. The van der Waals surface area contributed by atoms with Crippen LogP contribution in [0, 0.1) is 0 Å². The van der Waals surface area contributed by atoms with E-state index in [1.165, 1.54) is 76.6 Å². The van der Waals surface area contributed by atoms with Crippen LogP contribution in [0.2, 0.25) is 0 Å². The molecule has 0 rings (SSSR count). The van der Waals surface area contributed by atoms with Gasteiger partial charge < -0.3 is 4.55 Å². The lowest BCUT2D eigenvalue weighted by atomic mass is 10.1.